The molecule has 0 saturated heterocycles. The number of benzene rings is 1. The maximum absolute atomic E-state index is 12.8. The standard InChI is InChI=1S/C20H20N4O2S2/c1-11-13(3)27-19-17(11)20(26)24(10-21-19)9-16(25)23(4)12(2)18-22-14-7-5-6-8-15(14)28-18/h5-8,10,12H,9H2,1-4H3/t12-/m1/s1. The van der Waals surface area contributed by atoms with Crippen molar-refractivity contribution >= 4 is 49.0 Å². The molecule has 1 amide bonds. The fraction of sp³-hybridized carbons (Fsp3) is 0.300. The number of thiophene rings is 1. The summed E-state index contributed by atoms with van der Waals surface area (Å²) in [5.74, 6) is -0.153. The quantitative estimate of drug-likeness (QED) is 0.510. The Bertz CT molecular complexity index is 1220. The molecule has 0 aliphatic rings. The number of thiazole rings is 1. The van der Waals surface area contributed by atoms with E-state index in [1.807, 2.05) is 45.0 Å². The van der Waals surface area contributed by atoms with Crippen LogP contribution in [0.2, 0.25) is 0 Å². The fourth-order valence-corrected chi connectivity index (χ4v) is 5.14. The van der Waals surface area contributed by atoms with Gasteiger partial charge in [0.1, 0.15) is 16.4 Å². The van der Waals surface area contributed by atoms with Crippen molar-refractivity contribution < 1.29 is 4.79 Å². The van der Waals surface area contributed by atoms with Crippen LogP contribution in [-0.4, -0.2) is 32.4 Å². The van der Waals surface area contributed by atoms with E-state index in [4.69, 9.17) is 0 Å². The molecule has 0 radical (unpaired) electrons. The van der Waals surface area contributed by atoms with Gasteiger partial charge < -0.3 is 4.90 Å². The Morgan fingerprint density at radius 2 is 2.00 bits per heavy atom. The Balaban J connectivity index is 1.59. The van der Waals surface area contributed by atoms with E-state index < -0.39 is 0 Å². The smallest absolute Gasteiger partial charge is 0.262 e. The Hall–Kier alpha value is -2.58. The number of carbonyl (C=O) groups excluding carboxylic acids is 1. The van der Waals surface area contributed by atoms with Crippen molar-refractivity contribution in [3.8, 4) is 0 Å². The van der Waals surface area contributed by atoms with E-state index in [0.29, 0.717) is 5.39 Å². The van der Waals surface area contributed by atoms with Crippen LogP contribution in [0, 0.1) is 13.8 Å². The lowest BCUT2D eigenvalue weighted by molar-refractivity contribution is -0.132. The average Bonchev–Trinajstić information content (AvgIpc) is 3.24. The summed E-state index contributed by atoms with van der Waals surface area (Å²) in [5, 5.41) is 1.49. The summed E-state index contributed by atoms with van der Waals surface area (Å²) in [5.41, 5.74) is 1.71. The zero-order valence-electron chi connectivity index (χ0n) is 16.1. The van der Waals surface area contributed by atoms with Crippen molar-refractivity contribution in [2.75, 3.05) is 7.05 Å². The van der Waals surface area contributed by atoms with Crippen LogP contribution < -0.4 is 5.56 Å². The molecule has 0 saturated carbocycles. The number of fused-ring (bicyclic) bond motifs is 2. The van der Waals surface area contributed by atoms with Gasteiger partial charge in [0.25, 0.3) is 5.56 Å². The maximum Gasteiger partial charge on any atom is 0.262 e. The lowest BCUT2D eigenvalue weighted by atomic mass is 10.2. The number of nitrogens with zero attached hydrogens (tertiary/aromatic N) is 4. The highest BCUT2D eigenvalue weighted by atomic mass is 32.1. The molecule has 144 valence electrons. The first-order chi connectivity index (χ1) is 13.4. The molecule has 0 spiro atoms. The van der Waals surface area contributed by atoms with E-state index in [2.05, 4.69) is 9.97 Å². The third-order valence-corrected chi connectivity index (χ3v) is 7.43. The molecule has 8 heteroatoms. The minimum absolute atomic E-state index is 0.0398. The Kier molecular flexibility index (Phi) is 4.76. The number of aryl methyl sites for hydroxylation is 2. The molecular weight excluding hydrogens is 392 g/mol. The summed E-state index contributed by atoms with van der Waals surface area (Å²) in [4.78, 5) is 38.1. The summed E-state index contributed by atoms with van der Waals surface area (Å²) < 4.78 is 2.49. The summed E-state index contributed by atoms with van der Waals surface area (Å²) in [6.07, 6.45) is 1.47. The van der Waals surface area contributed by atoms with Crippen molar-refractivity contribution in [2.24, 2.45) is 0 Å². The summed E-state index contributed by atoms with van der Waals surface area (Å²) >= 11 is 3.09. The first-order valence-corrected chi connectivity index (χ1v) is 10.6. The number of para-hydroxylation sites is 1. The van der Waals surface area contributed by atoms with Gasteiger partial charge in [0, 0.05) is 11.9 Å². The van der Waals surface area contributed by atoms with Gasteiger partial charge in [-0.05, 0) is 38.5 Å². The fourth-order valence-electron chi connectivity index (χ4n) is 3.09. The number of carbonyl (C=O) groups is 1. The first-order valence-electron chi connectivity index (χ1n) is 8.93. The molecule has 6 nitrogen and oxygen atoms in total. The van der Waals surface area contributed by atoms with E-state index >= 15 is 0 Å². The summed E-state index contributed by atoms with van der Waals surface area (Å²) in [6.45, 7) is 5.81. The molecule has 0 unspecified atom stereocenters. The van der Waals surface area contributed by atoms with Crippen LogP contribution in [0.4, 0.5) is 0 Å². The van der Waals surface area contributed by atoms with Crippen molar-refractivity contribution in [1.82, 2.24) is 19.4 Å². The Morgan fingerprint density at radius 1 is 1.25 bits per heavy atom. The molecule has 3 heterocycles. The van der Waals surface area contributed by atoms with Gasteiger partial charge in [-0.2, -0.15) is 0 Å². The minimum atomic E-state index is -0.178. The zero-order chi connectivity index (χ0) is 20.0. The van der Waals surface area contributed by atoms with Crippen molar-refractivity contribution in [3.05, 3.63) is 56.4 Å². The second-order valence-corrected chi connectivity index (χ2v) is 9.11. The van der Waals surface area contributed by atoms with Crippen LogP contribution >= 0.6 is 22.7 Å². The average molecular weight is 413 g/mol. The predicted molar refractivity (Wildman–Crippen MR) is 114 cm³/mol. The van der Waals surface area contributed by atoms with E-state index in [-0.39, 0.29) is 24.1 Å². The van der Waals surface area contributed by atoms with Gasteiger partial charge in [-0.1, -0.05) is 12.1 Å². The van der Waals surface area contributed by atoms with Gasteiger partial charge in [-0.25, -0.2) is 9.97 Å². The number of amides is 1. The van der Waals surface area contributed by atoms with Gasteiger partial charge in [-0.15, -0.1) is 22.7 Å². The first kappa shape index (κ1) is 18.8. The molecule has 0 fully saturated rings. The molecule has 3 aromatic heterocycles. The zero-order valence-corrected chi connectivity index (χ0v) is 17.7. The highest BCUT2D eigenvalue weighted by molar-refractivity contribution is 7.19. The molecular formula is C20H20N4O2S2. The molecule has 4 aromatic rings. The van der Waals surface area contributed by atoms with E-state index in [0.717, 1.165) is 30.5 Å². The second-order valence-electron chi connectivity index (χ2n) is 6.84. The topological polar surface area (TPSA) is 68.1 Å². The monoisotopic (exact) mass is 412 g/mol. The van der Waals surface area contributed by atoms with Crippen LogP contribution in [-0.2, 0) is 11.3 Å². The number of rotatable bonds is 4. The third kappa shape index (κ3) is 3.12. The van der Waals surface area contributed by atoms with Crippen LogP contribution in [0.5, 0.6) is 0 Å². The van der Waals surface area contributed by atoms with Gasteiger partial charge in [0.05, 0.1) is 28.0 Å². The highest BCUT2D eigenvalue weighted by Crippen LogP contribution is 2.29. The van der Waals surface area contributed by atoms with Gasteiger partial charge in [0.2, 0.25) is 5.91 Å². The minimum Gasteiger partial charge on any atom is -0.335 e. The summed E-state index contributed by atoms with van der Waals surface area (Å²) in [7, 11) is 1.75. The SMILES string of the molecule is Cc1sc2ncn(CC(=O)N(C)[C@H](C)c3nc4ccccc4s3)c(=O)c2c1C. The van der Waals surface area contributed by atoms with E-state index in [1.165, 1.54) is 22.2 Å². The Labute approximate surface area is 170 Å². The van der Waals surface area contributed by atoms with E-state index in [9.17, 15) is 9.59 Å². The third-order valence-electron chi connectivity index (χ3n) is 5.10. The van der Waals surface area contributed by atoms with Crippen LogP contribution in [0.3, 0.4) is 0 Å². The molecule has 1 atom stereocenters. The van der Waals surface area contributed by atoms with Gasteiger partial charge in [-0.3, -0.25) is 14.2 Å². The molecule has 4 rings (SSSR count). The van der Waals surface area contributed by atoms with E-state index in [1.54, 1.807) is 23.3 Å². The molecule has 0 bridgehead atoms. The number of likely N-dealkylation sites (N-methyl/N-ethyl adjacent to an activating group) is 1. The molecule has 28 heavy (non-hydrogen) atoms. The Morgan fingerprint density at radius 3 is 2.75 bits per heavy atom. The normalized spacial score (nSPS) is 12.6. The largest absolute Gasteiger partial charge is 0.335 e. The van der Waals surface area contributed by atoms with Crippen LogP contribution in [0.25, 0.3) is 20.4 Å². The lowest BCUT2D eigenvalue weighted by Crippen LogP contribution is -2.35. The van der Waals surface area contributed by atoms with Crippen molar-refractivity contribution in [3.63, 3.8) is 0 Å². The number of hydrogen-bond donors (Lipinski definition) is 0. The second kappa shape index (κ2) is 7.10. The molecule has 1 aromatic carbocycles. The number of hydrogen-bond acceptors (Lipinski definition) is 6. The number of aromatic nitrogens is 3. The molecule has 0 N–H and O–H groups in total. The van der Waals surface area contributed by atoms with Crippen molar-refractivity contribution in [2.45, 2.75) is 33.4 Å². The molecule has 0 aliphatic heterocycles. The summed E-state index contributed by atoms with van der Waals surface area (Å²) in [6, 6.07) is 7.75. The van der Waals surface area contributed by atoms with Crippen LogP contribution in [0.15, 0.2) is 35.4 Å². The van der Waals surface area contributed by atoms with Crippen LogP contribution in [0.1, 0.15) is 28.4 Å². The lowest BCUT2D eigenvalue weighted by Gasteiger charge is -2.23. The maximum atomic E-state index is 12.8. The van der Waals surface area contributed by atoms with Gasteiger partial charge in [0.15, 0.2) is 0 Å². The highest BCUT2D eigenvalue weighted by Gasteiger charge is 2.22. The van der Waals surface area contributed by atoms with Gasteiger partial charge >= 0.3 is 0 Å². The predicted octanol–water partition coefficient (Wildman–Crippen LogP) is 3.90. The van der Waals surface area contributed by atoms with Crippen molar-refractivity contribution in [1.29, 1.82) is 0 Å². The molecule has 0 aliphatic carbocycles.